The van der Waals surface area contributed by atoms with Crippen LogP contribution in [0, 0.1) is 6.92 Å². The van der Waals surface area contributed by atoms with Crippen molar-refractivity contribution in [2.45, 2.75) is 24.9 Å². The van der Waals surface area contributed by atoms with Crippen molar-refractivity contribution < 1.29 is 17.9 Å². The zero-order valence-corrected chi connectivity index (χ0v) is 20.0. The van der Waals surface area contributed by atoms with E-state index in [2.05, 4.69) is 27.1 Å². The summed E-state index contributed by atoms with van der Waals surface area (Å²) < 4.78 is 33.5. The molecule has 1 aliphatic rings. The Balaban J connectivity index is 1.38. The molecule has 1 aliphatic heterocycles. The second-order valence-electron chi connectivity index (χ2n) is 8.39. The summed E-state index contributed by atoms with van der Waals surface area (Å²) in [5.74, 6) is -0.328. The third-order valence-electron chi connectivity index (χ3n) is 5.66. The summed E-state index contributed by atoms with van der Waals surface area (Å²) in [5, 5.41) is 2.89. The Morgan fingerprint density at radius 1 is 0.941 bits per heavy atom. The summed E-state index contributed by atoms with van der Waals surface area (Å²) in [5.41, 5.74) is 3.97. The molecule has 3 aromatic rings. The Morgan fingerprint density at radius 3 is 2.41 bits per heavy atom. The van der Waals surface area contributed by atoms with E-state index in [9.17, 15) is 13.2 Å². The van der Waals surface area contributed by atoms with Crippen LogP contribution in [-0.2, 0) is 27.8 Å². The van der Waals surface area contributed by atoms with Crippen LogP contribution in [0.2, 0.25) is 0 Å². The number of ether oxygens (including phenoxy) is 1. The molecule has 0 aromatic heterocycles. The van der Waals surface area contributed by atoms with Crippen LogP contribution >= 0.6 is 0 Å². The molecule has 1 heterocycles. The van der Waals surface area contributed by atoms with Gasteiger partial charge in [0.2, 0.25) is 0 Å². The molecule has 1 saturated heterocycles. The lowest BCUT2D eigenvalue weighted by Gasteiger charge is -2.26. The highest BCUT2D eigenvalue weighted by Crippen LogP contribution is 2.18. The van der Waals surface area contributed by atoms with Gasteiger partial charge in [-0.2, -0.15) is 0 Å². The van der Waals surface area contributed by atoms with Crippen LogP contribution in [0.4, 0.5) is 5.69 Å². The highest BCUT2D eigenvalue weighted by atomic mass is 32.2. The summed E-state index contributed by atoms with van der Waals surface area (Å²) in [6.45, 7) is 6.47. The van der Waals surface area contributed by atoms with Crippen molar-refractivity contribution in [3.8, 4) is 0 Å². The number of anilines is 1. The van der Waals surface area contributed by atoms with Gasteiger partial charge in [-0.25, -0.2) is 8.42 Å². The van der Waals surface area contributed by atoms with Gasteiger partial charge < -0.3 is 10.1 Å². The van der Waals surface area contributed by atoms with Gasteiger partial charge in [-0.3, -0.25) is 14.4 Å². The minimum atomic E-state index is -3.81. The van der Waals surface area contributed by atoms with Gasteiger partial charge in [0.25, 0.3) is 15.9 Å². The normalized spacial score (nSPS) is 14.5. The number of benzene rings is 3. The number of carbonyl (C=O) groups excluding carboxylic acids is 1. The van der Waals surface area contributed by atoms with Gasteiger partial charge in [-0.1, -0.05) is 48.0 Å². The Morgan fingerprint density at radius 2 is 1.65 bits per heavy atom. The van der Waals surface area contributed by atoms with E-state index in [1.807, 2.05) is 31.2 Å². The first-order chi connectivity index (χ1) is 16.4. The number of amides is 1. The number of rotatable bonds is 8. The molecule has 0 radical (unpaired) electrons. The summed E-state index contributed by atoms with van der Waals surface area (Å²) >= 11 is 0. The fraction of sp³-hybridized carbons (Fsp3) is 0.269. The highest BCUT2D eigenvalue weighted by Gasteiger charge is 2.17. The van der Waals surface area contributed by atoms with Crippen molar-refractivity contribution in [1.29, 1.82) is 0 Å². The summed E-state index contributed by atoms with van der Waals surface area (Å²) in [6.07, 6.45) is 0. The topological polar surface area (TPSA) is 87.7 Å². The molecule has 7 nitrogen and oxygen atoms in total. The summed E-state index contributed by atoms with van der Waals surface area (Å²) in [6, 6.07) is 21.2. The first-order valence-corrected chi connectivity index (χ1v) is 12.7. The van der Waals surface area contributed by atoms with E-state index in [0.29, 0.717) is 12.2 Å². The van der Waals surface area contributed by atoms with Gasteiger partial charge in [0, 0.05) is 37.4 Å². The molecular weight excluding hydrogens is 450 g/mol. The molecule has 0 bridgehead atoms. The quantitative estimate of drug-likeness (QED) is 0.516. The van der Waals surface area contributed by atoms with Crippen LogP contribution in [0.15, 0.2) is 77.7 Å². The summed E-state index contributed by atoms with van der Waals surface area (Å²) in [4.78, 5) is 15.1. The van der Waals surface area contributed by atoms with E-state index in [1.54, 1.807) is 24.3 Å². The maximum absolute atomic E-state index is 12.8. The molecule has 1 fully saturated rings. The molecule has 0 saturated carbocycles. The monoisotopic (exact) mass is 479 g/mol. The van der Waals surface area contributed by atoms with Crippen molar-refractivity contribution >= 4 is 21.6 Å². The number of carbonyl (C=O) groups is 1. The van der Waals surface area contributed by atoms with Gasteiger partial charge in [0.1, 0.15) is 0 Å². The van der Waals surface area contributed by atoms with Crippen molar-refractivity contribution in [2.75, 3.05) is 31.0 Å². The number of aryl methyl sites for hydroxylation is 1. The van der Waals surface area contributed by atoms with Crippen LogP contribution in [0.25, 0.3) is 0 Å². The van der Waals surface area contributed by atoms with Crippen LogP contribution < -0.4 is 10.0 Å². The standard InChI is InChI=1S/C26H29N3O4S/c1-20-8-10-24(11-9-20)28-34(31,32)25-7-3-6-23(17-25)26(30)27-18-21-4-2-5-22(16-21)19-29-12-14-33-15-13-29/h2-11,16-17,28H,12-15,18-19H2,1H3,(H,27,30). The van der Waals surface area contributed by atoms with E-state index in [0.717, 1.165) is 44.0 Å². The van der Waals surface area contributed by atoms with Gasteiger partial charge in [-0.05, 0) is 48.4 Å². The average molecular weight is 480 g/mol. The number of sulfonamides is 1. The molecule has 0 unspecified atom stereocenters. The van der Waals surface area contributed by atoms with Crippen molar-refractivity contribution in [3.05, 3.63) is 95.1 Å². The lowest BCUT2D eigenvalue weighted by Crippen LogP contribution is -2.35. The van der Waals surface area contributed by atoms with E-state index in [1.165, 1.54) is 17.7 Å². The Labute approximate surface area is 200 Å². The van der Waals surface area contributed by atoms with E-state index >= 15 is 0 Å². The minimum Gasteiger partial charge on any atom is -0.379 e. The van der Waals surface area contributed by atoms with Crippen molar-refractivity contribution in [1.82, 2.24) is 10.2 Å². The lowest BCUT2D eigenvalue weighted by molar-refractivity contribution is 0.0342. The Kier molecular flexibility index (Phi) is 7.62. The molecule has 34 heavy (non-hydrogen) atoms. The zero-order chi connectivity index (χ0) is 24.0. The van der Waals surface area contributed by atoms with Crippen LogP contribution in [0.3, 0.4) is 0 Å². The van der Waals surface area contributed by atoms with Gasteiger partial charge in [0.15, 0.2) is 0 Å². The van der Waals surface area contributed by atoms with Crippen molar-refractivity contribution in [2.24, 2.45) is 0 Å². The molecule has 0 aliphatic carbocycles. The molecule has 0 atom stereocenters. The third-order valence-corrected chi connectivity index (χ3v) is 7.04. The van der Waals surface area contributed by atoms with E-state index < -0.39 is 10.0 Å². The molecule has 0 spiro atoms. The third kappa shape index (κ3) is 6.44. The molecule has 8 heteroatoms. The molecule has 3 aromatic carbocycles. The second-order valence-corrected chi connectivity index (χ2v) is 10.1. The van der Waals surface area contributed by atoms with Crippen LogP contribution in [0.1, 0.15) is 27.0 Å². The van der Waals surface area contributed by atoms with E-state index in [4.69, 9.17) is 4.74 Å². The number of hydrogen-bond donors (Lipinski definition) is 2. The number of hydrogen-bond acceptors (Lipinski definition) is 5. The lowest BCUT2D eigenvalue weighted by atomic mass is 10.1. The molecular formula is C26H29N3O4S. The SMILES string of the molecule is Cc1ccc(NS(=O)(=O)c2cccc(C(=O)NCc3cccc(CN4CCOCC4)c3)c2)cc1. The fourth-order valence-electron chi connectivity index (χ4n) is 3.78. The maximum Gasteiger partial charge on any atom is 0.261 e. The van der Waals surface area contributed by atoms with Crippen molar-refractivity contribution in [3.63, 3.8) is 0 Å². The fourth-order valence-corrected chi connectivity index (χ4v) is 4.88. The van der Waals surface area contributed by atoms with E-state index in [-0.39, 0.29) is 16.4 Å². The molecule has 1 amide bonds. The number of nitrogens with one attached hydrogen (secondary N) is 2. The van der Waals surface area contributed by atoms with Gasteiger partial charge in [-0.15, -0.1) is 0 Å². The van der Waals surface area contributed by atoms with Gasteiger partial charge in [0.05, 0.1) is 18.1 Å². The predicted octanol–water partition coefficient (Wildman–Crippen LogP) is 3.56. The number of morpholine rings is 1. The molecule has 178 valence electrons. The molecule has 2 N–H and O–H groups in total. The van der Waals surface area contributed by atoms with Crippen LogP contribution in [0.5, 0.6) is 0 Å². The maximum atomic E-state index is 12.8. The smallest absolute Gasteiger partial charge is 0.261 e. The average Bonchev–Trinajstić information content (AvgIpc) is 2.85. The molecule has 4 rings (SSSR count). The zero-order valence-electron chi connectivity index (χ0n) is 19.2. The Hall–Kier alpha value is -3.20. The van der Waals surface area contributed by atoms with Crippen LogP contribution in [-0.4, -0.2) is 45.5 Å². The summed E-state index contributed by atoms with van der Waals surface area (Å²) in [7, 11) is -3.81. The second kappa shape index (κ2) is 10.8. The largest absolute Gasteiger partial charge is 0.379 e. The number of nitrogens with zero attached hydrogens (tertiary/aromatic N) is 1. The Bertz CT molecular complexity index is 1240. The first-order valence-electron chi connectivity index (χ1n) is 11.2. The minimum absolute atomic E-state index is 0.0354. The predicted molar refractivity (Wildman–Crippen MR) is 132 cm³/mol. The van der Waals surface area contributed by atoms with Gasteiger partial charge >= 0.3 is 0 Å². The highest BCUT2D eigenvalue weighted by molar-refractivity contribution is 7.92. The first kappa shape index (κ1) is 23.9.